The van der Waals surface area contributed by atoms with Gasteiger partial charge >= 0.3 is 0 Å². The van der Waals surface area contributed by atoms with Crippen molar-refractivity contribution in [3.05, 3.63) is 71.0 Å². The second-order valence-electron chi connectivity index (χ2n) is 8.00. The maximum Gasteiger partial charge on any atom is 0.257 e. The fourth-order valence-corrected chi connectivity index (χ4v) is 3.59. The first-order valence-electron chi connectivity index (χ1n) is 11.1. The summed E-state index contributed by atoms with van der Waals surface area (Å²) in [6, 6.07) is 11.5. The van der Waals surface area contributed by atoms with Gasteiger partial charge in [-0.2, -0.15) is 0 Å². The van der Waals surface area contributed by atoms with E-state index in [-0.39, 0.29) is 34.2 Å². The maximum absolute atomic E-state index is 12.9. The van der Waals surface area contributed by atoms with Gasteiger partial charge in [0.1, 0.15) is 28.4 Å². The summed E-state index contributed by atoms with van der Waals surface area (Å²) in [4.78, 5) is 35.4. The molecular formula is C25H25ClN4O5. The van der Waals surface area contributed by atoms with E-state index in [1.807, 2.05) is 6.92 Å². The van der Waals surface area contributed by atoms with E-state index in [4.69, 9.17) is 25.8 Å². The lowest BCUT2D eigenvalue weighted by molar-refractivity contribution is 0.0651. The van der Waals surface area contributed by atoms with Crippen LogP contribution in [0.2, 0.25) is 5.02 Å². The second-order valence-corrected chi connectivity index (χ2v) is 8.41. The van der Waals surface area contributed by atoms with E-state index in [1.165, 1.54) is 12.3 Å². The van der Waals surface area contributed by atoms with Gasteiger partial charge in [0.25, 0.3) is 11.8 Å². The number of pyridine rings is 2. The van der Waals surface area contributed by atoms with Crippen LogP contribution >= 0.6 is 11.6 Å². The number of ether oxygens (including phenoxy) is 3. The molecule has 0 saturated carbocycles. The lowest BCUT2D eigenvalue weighted by atomic mass is 10.1. The summed E-state index contributed by atoms with van der Waals surface area (Å²) < 4.78 is 16.9. The van der Waals surface area contributed by atoms with Crippen molar-refractivity contribution >= 4 is 29.2 Å². The number of aromatic nitrogens is 2. The molecule has 9 nitrogen and oxygen atoms in total. The van der Waals surface area contributed by atoms with Gasteiger partial charge in [0.2, 0.25) is 5.88 Å². The van der Waals surface area contributed by atoms with Crippen molar-refractivity contribution in [1.29, 1.82) is 0 Å². The van der Waals surface area contributed by atoms with E-state index < -0.39 is 5.91 Å². The Bertz CT molecular complexity index is 1200. The van der Waals surface area contributed by atoms with Gasteiger partial charge in [-0.25, -0.2) is 9.97 Å². The number of carbonyl (C=O) groups excluding carboxylic acids is 2. The normalized spacial score (nSPS) is 13.5. The molecule has 3 aromatic rings. The molecule has 1 atom stereocenters. The Kier molecular flexibility index (Phi) is 7.79. The summed E-state index contributed by atoms with van der Waals surface area (Å²) in [6.07, 6.45) is 3.74. The zero-order chi connectivity index (χ0) is 24.8. The van der Waals surface area contributed by atoms with Crippen molar-refractivity contribution in [3.8, 4) is 17.4 Å². The standard InChI is InChI=1S/C25H25ClN4O5/c1-16(15-33-2)34-19-10-17(23(31)29-22-6-3-4-7-27-22)11-20(13-19)35-24-21(26)12-18(14-28-24)25(32)30-8-5-9-30/h3-4,6-7,10-14,16H,5,8-9,15H2,1-2H3,(H,27,29,31)/t16-/m0/s1. The van der Waals surface area contributed by atoms with E-state index >= 15 is 0 Å². The summed E-state index contributed by atoms with van der Waals surface area (Å²) >= 11 is 6.37. The smallest absolute Gasteiger partial charge is 0.257 e. The van der Waals surface area contributed by atoms with Crippen LogP contribution in [0.15, 0.2) is 54.9 Å². The average Bonchev–Trinajstić information content (AvgIpc) is 2.80. The fourth-order valence-electron chi connectivity index (χ4n) is 3.39. The van der Waals surface area contributed by atoms with Crippen LogP contribution < -0.4 is 14.8 Å². The monoisotopic (exact) mass is 496 g/mol. The third-order valence-corrected chi connectivity index (χ3v) is 5.47. The highest BCUT2D eigenvalue weighted by atomic mass is 35.5. The van der Waals surface area contributed by atoms with Gasteiger partial charge in [0, 0.05) is 44.2 Å². The topological polar surface area (TPSA) is 103 Å². The van der Waals surface area contributed by atoms with Crippen molar-refractivity contribution in [2.75, 3.05) is 32.1 Å². The number of nitrogens with one attached hydrogen (secondary N) is 1. The molecule has 0 unspecified atom stereocenters. The van der Waals surface area contributed by atoms with E-state index in [2.05, 4.69) is 15.3 Å². The molecular weight excluding hydrogens is 472 g/mol. The fraction of sp³-hybridized carbons (Fsp3) is 0.280. The molecule has 3 heterocycles. The molecule has 1 aliphatic heterocycles. The third-order valence-electron chi connectivity index (χ3n) is 5.20. The Morgan fingerprint density at radius 2 is 1.91 bits per heavy atom. The maximum atomic E-state index is 12.9. The SMILES string of the molecule is COC[C@H](C)Oc1cc(Oc2ncc(C(=O)N3CCC3)cc2Cl)cc(C(=O)Nc2ccccn2)c1. The number of methoxy groups -OCH3 is 1. The van der Waals surface area contributed by atoms with Crippen LogP contribution in [-0.4, -0.2) is 59.6 Å². The molecule has 2 amide bonds. The number of benzene rings is 1. The first kappa shape index (κ1) is 24.4. The number of likely N-dealkylation sites (tertiary alicyclic amines) is 1. The van der Waals surface area contributed by atoms with Crippen LogP contribution in [0.5, 0.6) is 17.4 Å². The summed E-state index contributed by atoms with van der Waals surface area (Å²) in [7, 11) is 1.58. The van der Waals surface area contributed by atoms with Gasteiger partial charge in [-0.15, -0.1) is 0 Å². The van der Waals surface area contributed by atoms with E-state index in [0.717, 1.165) is 19.5 Å². The minimum atomic E-state index is -0.395. The van der Waals surface area contributed by atoms with Crippen LogP contribution in [-0.2, 0) is 4.74 Å². The van der Waals surface area contributed by atoms with Crippen molar-refractivity contribution in [2.24, 2.45) is 0 Å². The molecule has 0 radical (unpaired) electrons. The minimum Gasteiger partial charge on any atom is -0.488 e. The van der Waals surface area contributed by atoms with Crippen molar-refractivity contribution in [1.82, 2.24) is 14.9 Å². The van der Waals surface area contributed by atoms with Crippen LogP contribution in [0.25, 0.3) is 0 Å². The number of hydrogen-bond acceptors (Lipinski definition) is 7. The number of nitrogens with zero attached hydrogens (tertiary/aromatic N) is 3. The zero-order valence-corrected chi connectivity index (χ0v) is 20.1. The molecule has 1 aromatic carbocycles. The van der Waals surface area contributed by atoms with E-state index in [0.29, 0.717) is 23.7 Å². The molecule has 2 aromatic heterocycles. The van der Waals surface area contributed by atoms with E-state index in [9.17, 15) is 9.59 Å². The lowest BCUT2D eigenvalue weighted by Gasteiger charge is -2.30. The molecule has 4 rings (SSSR count). The van der Waals surface area contributed by atoms with Crippen molar-refractivity contribution < 1.29 is 23.8 Å². The highest BCUT2D eigenvalue weighted by Gasteiger charge is 2.23. The molecule has 35 heavy (non-hydrogen) atoms. The summed E-state index contributed by atoms with van der Waals surface area (Å²) in [5.41, 5.74) is 0.677. The second kappa shape index (κ2) is 11.2. The lowest BCUT2D eigenvalue weighted by Crippen LogP contribution is -2.42. The van der Waals surface area contributed by atoms with Crippen LogP contribution in [0.1, 0.15) is 34.1 Å². The Labute approximate surface area is 208 Å². The Hall–Kier alpha value is -3.69. The Morgan fingerprint density at radius 1 is 1.11 bits per heavy atom. The largest absolute Gasteiger partial charge is 0.488 e. The van der Waals surface area contributed by atoms with Gasteiger partial charge in [0.15, 0.2) is 0 Å². The first-order valence-corrected chi connectivity index (χ1v) is 11.5. The summed E-state index contributed by atoms with van der Waals surface area (Å²) in [6.45, 7) is 3.66. The van der Waals surface area contributed by atoms with Gasteiger partial charge in [0.05, 0.1) is 12.2 Å². The molecule has 0 bridgehead atoms. The highest BCUT2D eigenvalue weighted by Crippen LogP contribution is 2.32. The number of halogens is 1. The number of carbonyl (C=O) groups is 2. The predicted molar refractivity (Wildman–Crippen MR) is 130 cm³/mol. The van der Waals surface area contributed by atoms with Gasteiger partial charge in [-0.05, 0) is 43.7 Å². The molecule has 1 N–H and O–H groups in total. The number of anilines is 1. The van der Waals surface area contributed by atoms with Gasteiger partial charge < -0.3 is 24.4 Å². The first-order chi connectivity index (χ1) is 16.9. The molecule has 1 fully saturated rings. The molecule has 1 aliphatic rings. The average molecular weight is 497 g/mol. The number of hydrogen-bond donors (Lipinski definition) is 1. The van der Waals surface area contributed by atoms with E-state index in [1.54, 1.807) is 54.6 Å². The number of amides is 2. The van der Waals surface area contributed by atoms with Crippen LogP contribution in [0.4, 0.5) is 5.82 Å². The van der Waals surface area contributed by atoms with Gasteiger partial charge in [-0.3, -0.25) is 9.59 Å². The zero-order valence-electron chi connectivity index (χ0n) is 19.4. The van der Waals surface area contributed by atoms with Crippen LogP contribution in [0.3, 0.4) is 0 Å². The highest BCUT2D eigenvalue weighted by molar-refractivity contribution is 6.32. The molecule has 0 spiro atoms. The minimum absolute atomic E-state index is 0.102. The Balaban J connectivity index is 1.58. The van der Waals surface area contributed by atoms with Crippen molar-refractivity contribution in [3.63, 3.8) is 0 Å². The molecule has 0 aliphatic carbocycles. The summed E-state index contributed by atoms with van der Waals surface area (Å²) in [5.74, 6) is 0.686. The Morgan fingerprint density at radius 3 is 2.57 bits per heavy atom. The molecule has 182 valence electrons. The predicted octanol–water partition coefficient (Wildman–Crippen LogP) is 4.43. The quantitative estimate of drug-likeness (QED) is 0.467. The van der Waals surface area contributed by atoms with Gasteiger partial charge in [-0.1, -0.05) is 17.7 Å². The van der Waals surface area contributed by atoms with Crippen LogP contribution in [0, 0.1) is 0 Å². The number of rotatable bonds is 9. The molecule has 10 heteroatoms. The molecule has 1 saturated heterocycles. The summed E-state index contributed by atoms with van der Waals surface area (Å²) in [5, 5.41) is 2.91. The third kappa shape index (κ3) is 6.26. The van der Waals surface area contributed by atoms with Crippen molar-refractivity contribution in [2.45, 2.75) is 19.4 Å².